The van der Waals surface area contributed by atoms with Crippen LogP contribution in [0.3, 0.4) is 0 Å². The highest BCUT2D eigenvalue weighted by atomic mass is 16.5. The molecular weight excluding hydrogens is 220 g/mol. The van der Waals surface area contributed by atoms with Gasteiger partial charge in [0.15, 0.2) is 0 Å². The Morgan fingerprint density at radius 3 is 2.22 bits per heavy atom. The molecule has 0 bridgehead atoms. The highest BCUT2D eigenvalue weighted by molar-refractivity contribution is 5.39. The van der Waals surface area contributed by atoms with Gasteiger partial charge < -0.3 is 4.74 Å². The van der Waals surface area contributed by atoms with Crippen LogP contribution >= 0.6 is 0 Å². The van der Waals surface area contributed by atoms with E-state index in [-0.39, 0.29) is 0 Å². The van der Waals surface area contributed by atoms with Crippen LogP contribution in [0.4, 0.5) is 0 Å². The Bertz CT molecular complexity index is 445. The van der Waals surface area contributed by atoms with Gasteiger partial charge in [-0.25, -0.2) is 0 Å². The van der Waals surface area contributed by atoms with Gasteiger partial charge in [-0.2, -0.15) is 0 Å². The van der Waals surface area contributed by atoms with Crippen LogP contribution in [0.2, 0.25) is 0 Å². The van der Waals surface area contributed by atoms with E-state index in [0.717, 1.165) is 18.8 Å². The second-order valence-corrected chi connectivity index (χ2v) is 4.33. The first-order valence-corrected chi connectivity index (χ1v) is 6.51. The molecule has 0 saturated carbocycles. The predicted molar refractivity (Wildman–Crippen MR) is 75.8 cm³/mol. The summed E-state index contributed by atoms with van der Waals surface area (Å²) in [6.45, 7) is 2.97. The lowest BCUT2D eigenvalue weighted by Gasteiger charge is -2.06. The molecule has 2 aromatic carbocycles. The summed E-state index contributed by atoms with van der Waals surface area (Å²) in [4.78, 5) is 0. The van der Waals surface area contributed by atoms with Crippen molar-refractivity contribution >= 4 is 0 Å². The summed E-state index contributed by atoms with van der Waals surface area (Å²) in [7, 11) is 0. The lowest BCUT2D eigenvalue weighted by Crippen LogP contribution is -1.96. The fourth-order valence-corrected chi connectivity index (χ4v) is 1.74. The molecule has 1 heteroatoms. The predicted octanol–water partition coefficient (Wildman–Crippen LogP) is 4.47. The lowest BCUT2D eigenvalue weighted by atomic mass is 10.1. The lowest BCUT2D eigenvalue weighted by molar-refractivity contribution is 0.309. The first-order valence-electron chi connectivity index (χ1n) is 6.51. The molecule has 2 rings (SSSR count). The summed E-state index contributed by atoms with van der Waals surface area (Å²) < 4.78 is 5.64. The van der Waals surface area contributed by atoms with E-state index in [1.165, 1.54) is 17.5 Å². The summed E-state index contributed by atoms with van der Waals surface area (Å²) in [5.74, 6) is 0.952. The first-order chi connectivity index (χ1) is 8.88. The molecule has 2 aromatic rings. The fourth-order valence-electron chi connectivity index (χ4n) is 1.74. The van der Waals surface area contributed by atoms with Crippen LogP contribution in [-0.2, 0) is 0 Å². The molecule has 18 heavy (non-hydrogen) atoms. The maximum absolute atomic E-state index is 5.64. The number of unbranched alkanes of at least 4 members (excludes halogenated alkanes) is 1. The molecule has 0 aromatic heterocycles. The van der Waals surface area contributed by atoms with Crippen molar-refractivity contribution in [3.63, 3.8) is 0 Å². The molecule has 0 heterocycles. The maximum atomic E-state index is 5.64. The molecule has 0 fully saturated rings. The van der Waals surface area contributed by atoms with Crippen molar-refractivity contribution in [2.45, 2.75) is 19.8 Å². The van der Waals surface area contributed by atoms with Crippen LogP contribution in [0, 0.1) is 6.42 Å². The molecule has 0 aliphatic rings. The van der Waals surface area contributed by atoms with E-state index in [0.29, 0.717) is 0 Å². The van der Waals surface area contributed by atoms with Gasteiger partial charge >= 0.3 is 0 Å². The van der Waals surface area contributed by atoms with Crippen molar-refractivity contribution in [1.29, 1.82) is 0 Å². The first kappa shape index (κ1) is 12.7. The van der Waals surface area contributed by atoms with E-state index < -0.39 is 0 Å². The van der Waals surface area contributed by atoms with E-state index in [1.54, 1.807) is 0 Å². The van der Waals surface area contributed by atoms with E-state index in [4.69, 9.17) is 4.74 Å². The highest BCUT2D eigenvalue weighted by Gasteiger charge is 1.97. The van der Waals surface area contributed by atoms with Gasteiger partial charge in [-0.15, -0.1) is 0 Å². The van der Waals surface area contributed by atoms with Crippen molar-refractivity contribution in [3.8, 4) is 5.75 Å². The van der Waals surface area contributed by atoms with Gasteiger partial charge in [0.05, 0.1) is 6.61 Å². The smallest absolute Gasteiger partial charge is 0.119 e. The standard InChI is InChI=1S/C17H19O/c1-2-3-13-18-17-11-9-16(10-12-17)14-15-7-5-4-6-8-15/h4-12,14H,2-3,13H2,1H3. The Kier molecular flexibility index (Phi) is 4.83. The second-order valence-electron chi connectivity index (χ2n) is 4.33. The van der Waals surface area contributed by atoms with Gasteiger partial charge in [0.25, 0.3) is 0 Å². The summed E-state index contributed by atoms with van der Waals surface area (Å²) in [5.41, 5.74) is 2.42. The molecule has 0 aliphatic heterocycles. The van der Waals surface area contributed by atoms with Crippen LogP contribution in [0.15, 0.2) is 54.6 Å². The molecule has 1 radical (unpaired) electrons. The minimum atomic E-state index is 0.804. The number of benzene rings is 2. The quantitative estimate of drug-likeness (QED) is 0.676. The van der Waals surface area contributed by atoms with E-state index in [2.05, 4.69) is 37.6 Å². The Morgan fingerprint density at radius 2 is 1.56 bits per heavy atom. The Hall–Kier alpha value is -1.76. The van der Waals surface area contributed by atoms with Crippen molar-refractivity contribution in [2.24, 2.45) is 0 Å². The summed E-state index contributed by atoms with van der Waals surface area (Å²) in [6.07, 6.45) is 4.44. The minimum Gasteiger partial charge on any atom is -0.494 e. The van der Waals surface area contributed by atoms with Gasteiger partial charge in [0.1, 0.15) is 5.75 Å². The van der Waals surface area contributed by atoms with Crippen molar-refractivity contribution < 1.29 is 4.74 Å². The van der Waals surface area contributed by atoms with Gasteiger partial charge in [0, 0.05) is 6.42 Å². The Morgan fingerprint density at radius 1 is 0.889 bits per heavy atom. The zero-order valence-corrected chi connectivity index (χ0v) is 10.8. The van der Waals surface area contributed by atoms with Crippen LogP contribution in [0.1, 0.15) is 30.9 Å². The topological polar surface area (TPSA) is 9.23 Å². The third kappa shape index (κ3) is 3.92. The molecule has 0 amide bonds. The van der Waals surface area contributed by atoms with Gasteiger partial charge in [0.2, 0.25) is 0 Å². The number of hydrogen-bond acceptors (Lipinski definition) is 1. The van der Waals surface area contributed by atoms with Crippen LogP contribution in [0.25, 0.3) is 0 Å². The van der Waals surface area contributed by atoms with E-state index in [1.807, 2.05) is 30.3 Å². The number of ether oxygens (including phenoxy) is 1. The molecule has 0 N–H and O–H groups in total. The summed E-state index contributed by atoms with van der Waals surface area (Å²) >= 11 is 0. The van der Waals surface area contributed by atoms with Gasteiger partial charge in [-0.1, -0.05) is 55.8 Å². The molecule has 0 unspecified atom stereocenters. The highest BCUT2D eigenvalue weighted by Crippen LogP contribution is 2.16. The zero-order chi connectivity index (χ0) is 12.6. The van der Waals surface area contributed by atoms with Crippen LogP contribution < -0.4 is 4.74 Å². The number of rotatable bonds is 6. The van der Waals surface area contributed by atoms with Gasteiger partial charge in [-0.05, 0) is 29.7 Å². The Labute approximate surface area is 109 Å². The minimum absolute atomic E-state index is 0.804. The number of hydrogen-bond donors (Lipinski definition) is 0. The SMILES string of the molecule is CCCCOc1ccc([CH]c2ccccc2)cc1. The molecule has 1 nitrogen and oxygen atoms in total. The third-order valence-electron chi connectivity index (χ3n) is 2.78. The monoisotopic (exact) mass is 239 g/mol. The Balaban J connectivity index is 1.91. The van der Waals surface area contributed by atoms with Crippen molar-refractivity contribution in [2.75, 3.05) is 6.61 Å². The largest absolute Gasteiger partial charge is 0.494 e. The van der Waals surface area contributed by atoms with E-state index in [9.17, 15) is 0 Å². The van der Waals surface area contributed by atoms with Crippen molar-refractivity contribution in [3.05, 3.63) is 72.1 Å². The molecule has 0 saturated heterocycles. The van der Waals surface area contributed by atoms with Gasteiger partial charge in [-0.3, -0.25) is 0 Å². The van der Waals surface area contributed by atoms with Crippen LogP contribution in [-0.4, -0.2) is 6.61 Å². The average molecular weight is 239 g/mol. The third-order valence-corrected chi connectivity index (χ3v) is 2.78. The fraction of sp³-hybridized carbons (Fsp3) is 0.235. The maximum Gasteiger partial charge on any atom is 0.119 e. The zero-order valence-electron chi connectivity index (χ0n) is 10.8. The normalized spacial score (nSPS) is 10.3. The molecule has 0 atom stereocenters. The molecular formula is C17H19O. The van der Waals surface area contributed by atoms with Crippen LogP contribution in [0.5, 0.6) is 5.75 Å². The van der Waals surface area contributed by atoms with Crippen molar-refractivity contribution in [1.82, 2.24) is 0 Å². The summed E-state index contributed by atoms with van der Waals surface area (Å²) in [6, 6.07) is 18.6. The molecule has 93 valence electrons. The molecule has 0 spiro atoms. The molecule has 0 aliphatic carbocycles. The average Bonchev–Trinajstić information content (AvgIpc) is 2.42. The second kappa shape index (κ2) is 6.85. The van der Waals surface area contributed by atoms with E-state index >= 15 is 0 Å². The summed E-state index contributed by atoms with van der Waals surface area (Å²) in [5, 5.41) is 0.